The van der Waals surface area contributed by atoms with Gasteiger partial charge >= 0.3 is 0 Å². The molecule has 2 aromatic rings. The Morgan fingerprint density at radius 2 is 1.95 bits per heavy atom. The maximum Gasteiger partial charge on any atom is 0.124 e. The SMILES string of the molecule is CCOc1ccccc1CNc1cccc(CCCO)c1. The summed E-state index contributed by atoms with van der Waals surface area (Å²) in [5, 5.41) is 12.3. The first-order chi connectivity index (χ1) is 10.3. The molecule has 0 saturated heterocycles. The van der Waals surface area contributed by atoms with E-state index in [1.807, 2.05) is 31.2 Å². The minimum absolute atomic E-state index is 0.236. The number of rotatable bonds is 8. The number of ether oxygens (including phenoxy) is 1. The van der Waals surface area contributed by atoms with Crippen molar-refractivity contribution in [3.8, 4) is 5.75 Å². The van der Waals surface area contributed by atoms with Gasteiger partial charge in [0.15, 0.2) is 0 Å². The van der Waals surface area contributed by atoms with Crippen molar-refractivity contribution >= 4 is 5.69 Å². The Hall–Kier alpha value is -2.00. The Bertz CT molecular complexity index is 554. The number of benzene rings is 2. The smallest absolute Gasteiger partial charge is 0.124 e. The van der Waals surface area contributed by atoms with Gasteiger partial charge in [-0.15, -0.1) is 0 Å². The summed E-state index contributed by atoms with van der Waals surface area (Å²) < 4.78 is 5.63. The van der Waals surface area contributed by atoms with Gasteiger partial charge < -0.3 is 15.2 Å². The predicted octanol–water partition coefficient (Wildman–Crippen LogP) is 3.62. The van der Waals surface area contributed by atoms with Crippen LogP contribution in [0, 0.1) is 0 Å². The topological polar surface area (TPSA) is 41.5 Å². The molecule has 0 aromatic heterocycles. The molecule has 2 rings (SSSR count). The number of nitrogens with one attached hydrogen (secondary N) is 1. The summed E-state index contributed by atoms with van der Waals surface area (Å²) in [6, 6.07) is 16.4. The molecule has 0 bridgehead atoms. The normalized spacial score (nSPS) is 10.4. The van der Waals surface area contributed by atoms with E-state index in [-0.39, 0.29) is 6.61 Å². The second-order valence-corrected chi connectivity index (χ2v) is 4.92. The Balaban J connectivity index is 1.99. The summed E-state index contributed by atoms with van der Waals surface area (Å²) in [4.78, 5) is 0. The zero-order valence-corrected chi connectivity index (χ0v) is 12.5. The highest BCUT2D eigenvalue weighted by molar-refractivity contribution is 5.47. The predicted molar refractivity (Wildman–Crippen MR) is 86.8 cm³/mol. The van der Waals surface area contributed by atoms with Crippen molar-refractivity contribution in [1.29, 1.82) is 0 Å². The third kappa shape index (κ3) is 4.80. The van der Waals surface area contributed by atoms with E-state index in [4.69, 9.17) is 9.84 Å². The summed E-state index contributed by atoms with van der Waals surface area (Å²) in [6.07, 6.45) is 1.71. The van der Waals surface area contributed by atoms with Gasteiger partial charge in [0.25, 0.3) is 0 Å². The zero-order valence-electron chi connectivity index (χ0n) is 12.5. The molecule has 0 spiro atoms. The van der Waals surface area contributed by atoms with E-state index < -0.39 is 0 Å². The zero-order chi connectivity index (χ0) is 14.9. The average Bonchev–Trinajstić information content (AvgIpc) is 2.53. The lowest BCUT2D eigenvalue weighted by Gasteiger charge is -2.12. The van der Waals surface area contributed by atoms with Crippen LogP contribution in [-0.4, -0.2) is 18.3 Å². The highest BCUT2D eigenvalue weighted by Crippen LogP contribution is 2.20. The monoisotopic (exact) mass is 285 g/mol. The molecule has 3 nitrogen and oxygen atoms in total. The first-order valence-corrected chi connectivity index (χ1v) is 7.48. The van der Waals surface area contributed by atoms with E-state index in [0.717, 1.165) is 36.4 Å². The van der Waals surface area contributed by atoms with E-state index in [9.17, 15) is 0 Å². The Kier molecular flexibility index (Phi) is 6.10. The van der Waals surface area contributed by atoms with Gasteiger partial charge in [0.1, 0.15) is 5.75 Å². The van der Waals surface area contributed by atoms with Crippen molar-refractivity contribution in [1.82, 2.24) is 0 Å². The molecule has 0 aliphatic heterocycles. The van der Waals surface area contributed by atoms with E-state index >= 15 is 0 Å². The van der Waals surface area contributed by atoms with Crippen molar-refractivity contribution in [2.24, 2.45) is 0 Å². The molecule has 0 fully saturated rings. The molecular formula is C18H23NO2. The van der Waals surface area contributed by atoms with Crippen LogP contribution in [0.15, 0.2) is 48.5 Å². The van der Waals surface area contributed by atoms with Gasteiger partial charge in [0.2, 0.25) is 0 Å². The second-order valence-electron chi connectivity index (χ2n) is 4.92. The summed E-state index contributed by atoms with van der Waals surface area (Å²) in [5.41, 5.74) is 3.49. The summed E-state index contributed by atoms with van der Waals surface area (Å²) >= 11 is 0. The first kappa shape index (κ1) is 15.4. The molecule has 0 heterocycles. The molecule has 2 N–H and O–H groups in total. The van der Waals surface area contributed by atoms with Crippen LogP contribution in [0.4, 0.5) is 5.69 Å². The van der Waals surface area contributed by atoms with E-state index in [1.165, 1.54) is 5.56 Å². The first-order valence-electron chi connectivity index (χ1n) is 7.48. The molecule has 2 aromatic carbocycles. The fourth-order valence-electron chi connectivity index (χ4n) is 2.26. The van der Waals surface area contributed by atoms with Crippen LogP contribution in [0.5, 0.6) is 5.75 Å². The van der Waals surface area contributed by atoms with Gasteiger partial charge in [0.05, 0.1) is 6.61 Å². The number of anilines is 1. The Labute approximate surface area is 126 Å². The van der Waals surface area contributed by atoms with Crippen LogP contribution in [0.2, 0.25) is 0 Å². The van der Waals surface area contributed by atoms with Gasteiger partial charge in [-0.3, -0.25) is 0 Å². The molecule has 0 saturated carbocycles. The molecule has 112 valence electrons. The average molecular weight is 285 g/mol. The standard InChI is InChI=1S/C18H23NO2/c1-2-21-18-11-4-3-9-16(18)14-19-17-10-5-7-15(13-17)8-6-12-20/h3-5,7,9-11,13,19-20H,2,6,8,12,14H2,1H3. The largest absolute Gasteiger partial charge is 0.494 e. The number of hydrogen-bond donors (Lipinski definition) is 2. The van der Waals surface area contributed by atoms with Gasteiger partial charge in [-0.2, -0.15) is 0 Å². The lowest BCUT2D eigenvalue weighted by atomic mass is 10.1. The Morgan fingerprint density at radius 3 is 2.76 bits per heavy atom. The van der Waals surface area contributed by atoms with Crippen LogP contribution in [0.1, 0.15) is 24.5 Å². The molecule has 0 amide bonds. The number of hydrogen-bond acceptors (Lipinski definition) is 3. The molecule has 0 atom stereocenters. The van der Waals surface area contributed by atoms with Gasteiger partial charge in [-0.1, -0.05) is 30.3 Å². The maximum atomic E-state index is 8.90. The van der Waals surface area contributed by atoms with Crippen LogP contribution < -0.4 is 10.1 Å². The number of aliphatic hydroxyl groups excluding tert-OH is 1. The van der Waals surface area contributed by atoms with Crippen LogP contribution in [0.25, 0.3) is 0 Å². The molecular weight excluding hydrogens is 262 g/mol. The van der Waals surface area contributed by atoms with Crippen LogP contribution in [-0.2, 0) is 13.0 Å². The molecule has 0 aliphatic rings. The van der Waals surface area contributed by atoms with Crippen molar-refractivity contribution in [2.75, 3.05) is 18.5 Å². The summed E-state index contributed by atoms with van der Waals surface area (Å²) in [6.45, 7) is 3.64. The van der Waals surface area contributed by atoms with Gasteiger partial charge in [-0.05, 0) is 43.5 Å². The lowest BCUT2D eigenvalue weighted by Crippen LogP contribution is -2.03. The number of para-hydroxylation sites is 1. The summed E-state index contributed by atoms with van der Waals surface area (Å²) in [5.74, 6) is 0.934. The number of aliphatic hydroxyl groups is 1. The minimum Gasteiger partial charge on any atom is -0.494 e. The molecule has 0 radical (unpaired) electrons. The third-order valence-corrected chi connectivity index (χ3v) is 3.31. The van der Waals surface area contributed by atoms with Crippen molar-refractivity contribution in [2.45, 2.75) is 26.3 Å². The minimum atomic E-state index is 0.236. The molecule has 3 heteroatoms. The second kappa shape index (κ2) is 8.32. The fourth-order valence-corrected chi connectivity index (χ4v) is 2.26. The van der Waals surface area contributed by atoms with Crippen molar-refractivity contribution in [3.63, 3.8) is 0 Å². The molecule has 0 unspecified atom stereocenters. The molecule has 21 heavy (non-hydrogen) atoms. The highest BCUT2D eigenvalue weighted by Gasteiger charge is 2.02. The van der Waals surface area contributed by atoms with E-state index in [0.29, 0.717) is 6.61 Å². The fraction of sp³-hybridized carbons (Fsp3) is 0.333. The quantitative estimate of drug-likeness (QED) is 0.778. The number of aryl methyl sites for hydroxylation is 1. The van der Waals surface area contributed by atoms with Crippen LogP contribution >= 0.6 is 0 Å². The van der Waals surface area contributed by atoms with E-state index in [1.54, 1.807) is 0 Å². The Morgan fingerprint density at radius 1 is 1.10 bits per heavy atom. The lowest BCUT2D eigenvalue weighted by molar-refractivity contribution is 0.288. The van der Waals surface area contributed by atoms with Crippen LogP contribution in [0.3, 0.4) is 0 Å². The van der Waals surface area contributed by atoms with Crippen molar-refractivity contribution in [3.05, 3.63) is 59.7 Å². The maximum absolute atomic E-state index is 8.90. The van der Waals surface area contributed by atoms with E-state index in [2.05, 4.69) is 29.6 Å². The highest BCUT2D eigenvalue weighted by atomic mass is 16.5. The van der Waals surface area contributed by atoms with Gasteiger partial charge in [-0.25, -0.2) is 0 Å². The van der Waals surface area contributed by atoms with Crippen molar-refractivity contribution < 1.29 is 9.84 Å². The summed E-state index contributed by atoms with van der Waals surface area (Å²) in [7, 11) is 0. The molecule has 0 aliphatic carbocycles. The van der Waals surface area contributed by atoms with Gasteiger partial charge in [0, 0.05) is 24.4 Å². The third-order valence-electron chi connectivity index (χ3n) is 3.31.